The van der Waals surface area contributed by atoms with Crippen LogP contribution in [0.3, 0.4) is 0 Å². The van der Waals surface area contributed by atoms with Gasteiger partial charge in [-0.15, -0.1) is 12.4 Å². The van der Waals surface area contributed by atoms with Crippen molar-refractivity contribution in [3.8, 4) is 0 Å². The van der Waals surface area contributed by atoms with E-state index in [0.29, 0.717) is 11.1 Å². The number of nitrogens with one attached hydrogen (secondary N) is 2. The second-order valence-corrected chi connectivity index (χ2v) is 5.79. The van der Waals surface area contributed by atoms with Gasteiger partial charge in [-0.25, -0.2) is 4.39 Å². The van der Waals surface area contributed by atoms with Gasteiger partial charge in [0, 0.05) is 0 Å². The van der Waals surface area contributed by atoms with Gasteiger partial charge in [0.1, 0.15) is 5.82 Å². The quantitative estimate of drug-likeness (QED) is 0.735. The molecule has 0 saturated heterocycles. The van der Waals surface area contributed by atoms with Crippen LogP contribution in [0.4, 0.5) is 4.39 Å². The highest BCUT2D eigenvalue weighted by molar-refractivity contribution is 5.87. The van der Waals surface area contributed by atoms with Crippen molar-refractivity contribution < 1.29 is 14.0 Å². The first-order valence-electron chi connectivity index (χ1n) is 7.31. The maximum absolute atomic E-state index is 13.5. The van der Waals surface area contributed by atoms with Crippen LogP contribution >= 0.6 is 12.4 Å². The molecule has 5 nitrogen and oxygen atoms in total. The number of carbonyl (C=O) groups excluding carboxylic acids is 2. The Morgan fingerprint density at radius 1 is 1.26 bits per heavy atom. The minimum absolute atomic E-state index is 0. The largest absolute Gasteiger partial charge is 0.348 e. The molecule has 0 fully saturated rings. The molecule has 0 aliphatic carbocycles. The van der Waals surface area contributed by atoms with Crippen LogP contribution in [-0.4, -0.2) is 24.4 Å². The summed E-state index contributed by atoms with van der Waals surface area (Å²) in [6.07, 6.45) is 0. The van der Waals surface area contributed by atoms with E-state index in [0.717, 1.165) is 0 Å². The van der Waals surface area contributed by atoms with E-state index in [1.165, 1.54) is 6.07 Å². The summed E-state index contributed by atoms with van der Waals surface area (Å²) in [4.78, 5) is 23.5. The van der Waals surface area contributed by atoms with Crippen molar-refractivity contribution in [3.63, 3.8) is 0 Å². The van der Waals surface area contributed by atoms with Gasteiger partial charge in [-0.1, -0.05) is 26.0 Å². The van der Waals surface area contributed by atoms with E-state index in [9.17, 15) is 14.0 Å². The first kappa shape index (κ1) is 21.3. The van der Waals surface area contributed by atoms with Gasteiger partial charge < -0.3 is 16.4 Å². The zero-order valence-electron chi connectivity index (χ0n) is 13.9. The van der Waals surface area contributed by atoms with Crippen LogP contribution in [0, 0.1) is 18.7 Å². The smallest absolute Gasteiger partial charge is 0.239 e. The van der Waals surface area contributed by atoms with E-state index in [1.807, 2.05) is 13.8 Å². The molecular formula is C16H25ClFN3O2. The van der Waals surface area contributed by atoms with Gasteiger partial charge in [-0.05, 0) is 37.0 Å². The zero-order valence-corrected chi connectivity index (χ0v) is 14.7. The Balaban J connectivity index is 0.00000484. The molecule has 23 heavy (non-hydrogen) atoms. The van der Waals surface area contributed by atoms with E-state index in [4.69, 9.17) is 5.73 Å². The van der Waals surface area contributed by atoms with Crippen LogP contribution < -0.4 is 16.4 Å². The lowest BCUT2D eigenvalue weighted by molar-refractivity contribution is -0.127. The molecule has 0 heterocycles. The van der Waals surface area contributed by atoms with Crippen molar-refractivity contribution in [2.75, 3.05) is 6.54 Å². The molecule has 0 bridgehead atoms. The zero-order chi connectivity index (χ0) is 16.9. The van der Waals surface area contributed by atoms with Gasteiger partial charge in [-0.3, -0.25) is 9.59 Å². The average molecular weight is 346 g/mol. The molecule has 0 aliphatic heterocycles. The third-order valence-electron chi connectivity index (χ3n) is 3.52. The Labute approximate surface area is 142 Å². The standard InChI is InChI=1S/C16H24FN3O2.ClH/c1-9(2)15(18)16(22)19-8-14(21)20-11(4)12-6-5-10(3)13(17)7-12;/h5-7,9,11,15H,8,18H2,1-4H3,(H,19,22)(H,20,21);1H/t11?,15-;/m0./s1. The van der Waals surface area contributed by atoms with Gasteiger partial charge >= 0.3 is 0 Å². The van der Waals surface area contributed by atoms with Gasteiger partial charge in [0.05, 0.1) is 18.6 Å². The van der Waals surface area contributed by atoms with Crippen molar-refractivity contribution in [3.05, 3.63) is 35.1 Å². The third-order valence-corrected chi connectivity index (χ3v) is 3.52. The predicted octanol–water partition coefficient (Wildman–Crippen LogP) is 1.83. The van der Waals surface area contributed by atoms with Crippen LogP contribution in [0.2, 0.25) is 0 Å². The van der Waals surface area contributed by atoms with Crippen LogP contribution in [0.5, 0.6) is 0 Å². The first-order valence-corrected chi connectivity index (χ1v) is 7.31. The molecular weight excluding hydrogens is 321 g/mol. The summed E-state index contributed by atoms with van der Waals surface area (Å²) in [7, 11) is 0. The third kappa shape index (κ3) is 6.54. The normalized spacial score (nSPS) is 13.0. The number of carbonyl (C=O) groups is 2. The second-order valence-electron chi connectivity index (χ2n) is 5.79. The maximum Gasteiger partial charge on any atom is 0.239 e. The Kier molecular flexibility index (Phi) is 8.79. The second kappa shape index (κ2) is 9.47. The monoisotopic (exact) mass is 345 g/mol. The molecule has 2 atom stereocenters. The van der Waals surface area contributed by atoms with Crippen molar-refractivity contribution in [1.82, 2.24) is 10.6 Å². The summed E-state index contributed by atoms with van der Waals surface area (Å²) in [5.41, 5.74) is 6.91. The molecule has 7 heteroatoms. The van der Waals surface area contributed by atoms with Gasteiger partial charge in [0.2, 0.25) is 11.8 Å². The molecule has 2 amide bonds. The SMILES string of the molecule is Cc1ccc(C(C)NC(=O)CNC(=O)[C@@H](N)C(C)C)cc1F.Cl. The molecule has 1 aromatic rings. The Bertz CT molecular complexity index is 552. The lowest BCUT2D eigenvalue weighted by atomic mass is 10.1. The van der Waals surface area contributed by atoms with E-state index in [2.05, 4.69) is 10.6 Å². The number of rotatable bonds is 6. The van der Waals surface area contributed by atoms with Crippen LogP contribution in [0.15, 0.2) is 18.2 Å². The molecule has 0 aliphatic rings. The summed E-state index contributed by atoms with van der Waals surface area (Å²) in [6.45, 7) is 6.94. The topological polar surface area (TPSA) is 84.2 Å². The number of hydrogen-bond acceptors (Lipinski definition) is 3. The molecule has 1 aromatic carbocycles. The van der Waals surface area contributed by atoms with Crippen LogP contribution in [-0.2, 0) is 9.59 Å². The minimum atomic E-state index is -0.642. The Morgan fingerprint density at radius 2 is 1.87 bits per heavy atom. The lowest BCUT2D eigenvalue weighted by Crippen LogP contribution is -2.47. The fourth-order valence-corrected chi connectivity index (χ4v) is 1.84. The molecule has 1 unspecified atom stereocenters. The van der Waals surface area contributed by atoms with Crippen molar-refractivity contribution in [2.24, 2.45) is 11.7 Å². The fourth-order valence-electron chi connectivity index (χ4n) is 1.84. The summed E-state index contributed by atoms with van der Waals surface area (Å²) in [5.74, 6) is -1.02. The lowest BCUT2D eigenvalue weighted by Gasteiger charge is -2.17. The Morgan fingerprint density at radius 3 is 2.39 bits per heavy atom. The summed E-state index contributed by atoms with van der Waals surface area (Å²) < 4.78 is 13.5. The molecule has 0 radical (unpaired) electrons. The van der Waals surface area contributed by atoms with E-state index in [1.54, 1.807) is 26.0 Å². The van der Waals surface area contributed by atoms with Crippen molar-refractivity contribution >= 4 is 24.2 Å². The summed E-state index contributed by atoms with van der Waals surface area (Å²) in [5, 5.41) is 5.20. The molecule has 0 saturated carbocycles. The number of benzene rings is 1. The average Bonchev–Trinajstić information content (AvgIpc) is 2.46. The first-order chi connectivity index (χ1) is 10.2. The highest BCUT2D eigenvalue weighted by Gasteiger charge is 2.18. The Hall–Kier alpha value is -1.66. The molecule has 0 aromatic heterocycles. The van der Waals surface area contributed by atoms with Crippen molar-refractivity contribution in [2.45, 2.75) is 39.8 Å². The van der Waals surface area contributed by atoms with Crippen LogP contribution in [0.1, 0.15) is 37.9 Å². The summed E-state index contributed by atoms with van der Waals surface area (Å²) >= 11 is 0. The summed E-state index contributed by atoms with van der Waals surface area (Å²) in [6, 6.07) is 3.83. The van der Waals surface area contributed by atoms with Crippen LogP contribution in [0.25, 0.3) is 0 Å². The molecule has 130 valence electrons. The molecule has 4 N–H and O–H groups in total. The van der Waals surface area contributed by atoms with Gasteiger partial charge in [0.25, 0.3) is 0 Å². The van der Waals surface area contributed by atoms with Gasteiger partial charge in [0.15, 0.2) is 0 Å². The van der Waals surface area contributed by atoms with E-state index >= 15 is 0 Å². The highest BCUT2D eigenvalue weighted by atomic mass is 35.5. The number of halogens is 2. The van der Waals surface area contributed by atoms with Gasteiger partial charge in [-0.2, -0.15) is 0 Å². The van der Waals surface area contributed by atoms with E-state index < -0.39 is 6.04 Å². The van der Waals surface area contributed by atoms with Crippen molar-refractivity contribution in [1.29, 1.82) is 0 Å². The number of hydrogen-bond donors (Lipinski definition) is 3. The highest BCUT2D eigenvalue weighted by Crippen LogP contribution is 2.16. The number of nitrogens with two attached hydrogens (primary N) is 1. The number of amides is 2. The molecule has 1 rings (SSSR count). The predicted molar refractivity (Wildman–Crippen MR) is 90.8 cm³/mol. The number of aryl methyl sites for hydroxylation is 1. The maximum atomic E-state index is 13.5. The fraction of sp³-hybridized carbons (Fsp3) is 0.500. The molecule has 0 spiro atoms. The minimum Gasteiger partial charge on any atom is -0.348 e. The van der Waals surface area contributed by atoms with E-state index in [-0.39, 0.29) is 48.5 Å².